The third kappa shape index (κ3) is 3.84. The molecule has 6 nitrogen and oxygen atoms in total. The van der Waals surface area contributed by atoms with E-state index in [1.54, 1.807) is 6.92 Å². The zero-order chi connectivity index (χ0) is 18.3. The lowest BCUT2D eigenvalue weighted by molar-refractivity contribution is -0.313. The van der Waals surface area contributed by atoms with Gasteiger partial charge >= 0.3 is 5.97 Å². The van der Waals surface area contributed by atoms with Crippen molar-refractivity contribution in [3.63, 3.8) is 0 Å². The molecule has 2 saturated heterocycles. The molecule has 6 heteroatoms. The summed E-state index contributed by atoms with van der Waals surface area (Å²) in [5.41, 5.74) is 0.368. The van der Waals surface area contributed by atoms with Crippen LogP contribution in [0.15, 0.2) is 12.2 Å². The van der Waals surface area contributed by atoms with E-state index >= 15 is 0 Å². The highest BCUT2D eigenvalue weighted by atomic mass is 16.7. The lowest BCUT2D eigenvalue weighted by Gasteiger charge is -2.47. The van der Waals surface area contributed by atoms with E-state index in [0.29, 0.717) is 62.1 Å². The number of esters is 1. The third-order valence-corrected chi connectivity index (χ3v) is 6.55. The fourth-order valence-corrected chi connectivity index (χ4v) is 4.72. The van der Waals surface area contributed by atoms with Crippen molar-refractivity contribution in [2.75, 3.05) is 19.8 Å². The zero-order valence-electron chi connectivity index (χ0n) is 15.5. The van der Waals surface area contributed by atoms with Crippen molar-refractivity contribution in [1.29, 1.82) is 0 Å². The number of aliphatic hydroxyl groups excluding tert-OH is 1. The second kappa shape index (κ2) is 7.23. The van der Waals surface area contributed by atoms with E-state index in [0.717, 1.165) is 6.42 Å². The van der Waals surface area contributed by atoms with Crippen molar-refractivity contribution in [3.05, 3.63) is 12.2 Å². The molecule has 2 aliphatic carbocycles. The van der Waals surface area contributed by atoms with Crippen LogP contribution in [-0.4, -0.2) is 55.0 Å². The number of ether oxygens (including phenoxy) is 4. The van der Waals surface area contributed by atoms with Gasteiger partial charge in [0.1, 0.15) is 0 Å². The highest BCUT2D eigenvalue weighted by Crippen LogP contribution is 2.45. The third-order valence-electron chi connectivity index (χ3n) is 6.55. The Balaban J connectivity index is 1.29. The van der Waals surface area contributed by atoms with Gasteiger partial charge < -0.3 is 24.1 Å². The molecule has 0 aromatic rings. The Morgan fingerprint density at radius 3 is 2.65 bits per heavy atom. The summed E-state index contributed by atoms with van der Waals surface area (Å²) in [6.45, 7) is 6.79. The molecular weight excluding hydrogens is 336 g/mol. The molecule has 4 aliphatic rings. The number of rotatable bonds is 4. The Hall–Kier alpha value is -0.950. The number of carbonyl (C=O) groups is 1. The van der Waals surface area contributed by atoms with Crippen LogP contribution < -0.4 is 0 Å². The van der Waals surface area contributed by atoms with E-state index in [-0.39, 0.29) is 12.5 Å². The molecule has 1 spiro atoms. The first-order valence-electron chi connectivity index (χ1n) is 9.90. The van der Waals surface area contributed by atoms with E-state index in [2.05, 4.69) is 6.58 Å². The van der Waals surface area contributed by atoms with Gasteiger partial charge in [0, 0.05) is 30.3 Å². The smallest absolute Gasteiger partial charge is 0.333 e. The van der Waals surface area contributed by atoms with Crippen LogP contribution in [0.25, 0.3) is 0 Å². The summed E-state index contributed by atoms with van der Waals surface area (Å²) in [4.78, 5) is 11.6. The summed E-state index contributed by atoms with van der Waals surface area (Å²) in [6, 6.07) is 0. The van der Waals surface area contributed by atoms with Crippen LogP contribution in [0.4, 0.5) is 0 Å². The molecule has 0 aromatic heterocycles. The van der Waals surface area contributed by atoms with E-state index in [1.165, 1.54) is 12.8 Å². The Bertz CT molecular complexity index is 553. The molecule has 146 valence electrons. The van der Waals surface area contributed by atoms with Gasteiger partial charge in [0.05, 0.1) is 38.1 Å². The van der Waals surface area contributed by atoms with Gasteiger partial charge in [0.2, 0.25) is 0 Å². The average Bonchev–Trinajstić information content (AvgIpc) is 3.41. The summed E-state index contributed by atoms with van der Waals surface area (Å²) < 4.78 is 23.3. The molecule has 0 amide bonds. The number of carbonyl (C=O) groups excluding carboxylic acids is 1. The maximum Gasteiger partial charge on any atom is 0.333 e. The predicted octanol–water partition coefficient (Wildman–Crippen LogP) is 2.19. The molecule has 0 radical (unpaired) electrons. The zero-order valence-corrected chi connectivity index (χ0v) is 15.5. The minimum atomic E-state index is -0.636. The molecule has 26 heavy (non-hydrogen) atoms. The van der Waals surface area contributed by atoms with Crippen LogP contribution in [0.1, 0.15) is 45.4 Å². The van der Waals surface area contributed by atoms with E-state index < -0.39 is 17.9 Å². The first-order chi connectivity index (χ1) is 12.5. The fraction of sp³-hybridized carbons (Fsp3) is 0.850. The molecule has 2 saturated carbocycles. The molecule has 5 unspecified atom stereocenters. The van der Waals surface area contributed by atoms with Gasteiger partial charge in [-0.25, -0.2) is 4.79 Å². The minimum absolute atomic E-state index is 0.168. The Morgan fingerprint density at radius 2 is 1.96 bits per heavy atom. The van der Waals surface area contributed by atoms with Crippen molar-refractivity contribution in [2.45, 2.75) is 69.5 Å². The number of aliphatic hydroxyl groups is 1. The van der Waals surface area contributed by atoms with Gasteiger partial charge in [0.15, 0.2) is 5.79 Å². The van der Waals surface area contributed by atoms with Gasteiger partial charge in [-0.2, -0.15) is 0 Å². The first-order valence-corrected chi connectivity index (χ1v) is 9.90. The standard InChI is InChI=1S/C20H30O6/c1-12(2)19(22)23-9-14-8-20(6-5-16(14)21)24-10-15(11-25-20)13-3-4-17-18(7-13)26-17/h13-18,21H,1,3-11H2,2H3. The average molecular weight is 366 g/mol. The Morgan fingerprint density at radius 1 is 1.19 bits per heavy atom. The second-order valence-corrected chi connectivity index (χ2v) is 8.53. The summed E-state index contributed by atoms with van der Waals surface area (Å²) in [6.07, 6.45) is 5.84. The van der Waals surface area contributed by atoms with Gasteiger partial charge in [0.25, 0.3) is 0 Å². The lowest BCUT2D eigenvalue weighted by atomic mass is 9.78. The summed E-state index contributed by atoms with van der Waals surface area (Å²) >= 11 is 0. The first kappa shape index (κ1) is 18.4. The maximum absolute atomic E-state index is 11.6. The van der Waals surface area contributed by atoms with Crippen molar-refractivity contribution in [2.24, 2.45) is 17.8 Å². The molecule has 0 bridgehead atoms. The normalized spacial score (nSPS) is 45.0. The number of hydrogen-bond donors (Lipinski definition) is 1. The van der Waals surface area contributed by atoms with Gasteiger partial charge in [-0.15, -0.1) is 0 Å². The monoisotopic (exact) mass is 366 g/mol. The van der Waals surface area contributed by atoms with E-state index in [9.17, 15) is 9.90 Å². The molecule has 5 atom stereocenters. The fourth-order valence-electron chi connectivity index (χ4n) is 4.72. The molecular formula is C20H30O6. The topological polar surface area (TPSA) is 77.5 Å². The van der Waals surface area contributed by atoms with Crippen LogP contribution in [0.3, 0.4) is 0 Å². The molecule has 2 heterocycles. The molecule has 4 rings (SSSR count). The van der Waals surface area contributed by atoms with Crippen LogP contribution in [0.2, 0.25) is 0 Å². The van der Waals surface area contributed by atoms with Crippen LogP contribution in [-0.2, 0) is 23.7 Å². The van der Waals surface area contributed by atoms with Crippen molar-refractivity contribution < 1.29 is 28.8 Å². The van der Waals surface area contributed by atoms with Crippen LogP contribution in [0.5, 0.6) is 0 Å². The van der Waals surface area contributed by atoms with Crippen molar-refractivity contribution >= 4 is 5.97 Å². The van der Waals surface area contributed by atoms with Crippen molar-refractivity contribution in [1.82, 2.24) is 0 Å². The van der Waals surface area contributed by atoms with E-state index in [4.69, 9.17) is 18.9 Å². The second-order valence-electron chi connectivity index (χ2n) is 8.53. The van der Waals surface area contributed by atoms with Gasteiger partial charge in [-0.3, -0.25) is 0 Å². The quantitative estimate of drug-likeness (QED) is 0.467. The number of fused-ring (bicyclic) bond motifs is 1. The van der Waals surface area contributed by atoms with Crippen molar-refractivity contribution in [3.8, 4) is 0 Å². The summed E-state index contributed by atoms with van der Waals surface area (Å²) in [5.74, 6) is -0.169. The van der Waals surface area contributed by atoms with Gasteiger partial charge in [-0.1, -0.05) is 6.58 Å². The lowest BCUT2D eigenvalue weighted by Crippen LogP contribution is -2.52. The van der Waals surface area contributed by atoms with Gasteiger partial charge in [-0.05, 0) is 38.5 Å². The number of hydrogen-bond acceptors (Lipinski definition) is 6. The number of epoxide rings is 1. The molecule has 4 fully saturated rings. The molecule has 0 aromatic carbocycles. The van der Waals surface area contributed by atoms with E-state index in [1.807, 2.05) is 0 Å². The predicted molar refractivity (Wildman–Crippen MR) is 93.2 cm³/mol. The summed E-state index contributed by atoms with van der Waals surface area (Å²) in [5, 5.41) is 10.3. The SMILES string of the molecule is C=C(C)C(=O)OCC1CC2(CCC1O)OCC(C1CCC3OC3C1)CO2. The highest BCUT2D eigenvalue weighted by Gasteiger charge is 2.49. The Kier molecular flexibility index (Phi) is 5.12. The van der Waals surface area contributed by atoms with Crippen LogP contribution >= 0.6 is 0 Å². The maximum atomic E-state index is 11.6. The summed E-state index contributed by atoms with van der Waals surface area (Å²) in [7, 11) is 0. The minimum Gasteiger partial charge on any atom is -0.462 e. The largest absolute Gasteiger partial charge is 0.462 e. The Labute approximate surface area is 154 Å². The molecule has 2 aliphatic heterocycles. The molecule has 1 N–H and O–H groups in total. The van der Waals surface area contributed by atoms with Crippen LogP contribution in [0, 0.1) is 17.8 Å². The highest BCUT2D eigenvalue weighted by molar-refractivity contribution is 5.86.